The molecule has 1 aliphatic rings. The Labute approximate surface area is 108 Å². The van der Waals surface area contributed by atoms with Gasteiger partial charge in [0.25, 0.3) is 0 Å². The monoisotopic (exact) mass is 240 g/mol. The van der Waals surface area contributed by atoms with Gasteiger partial charge in [0.15, 0.2) is 0 Å². The van der Waals surface area contributed by atoms with E-state index in [1.807, 2.05) is 0 Å². The molecule has 0 amide bonds. The number of hydrogen-bond acceptors (Lipinski definition) is 2. The fraction of sp³-hybridized carbons (Fsp3) is 1.00. The summed E-state index contributed by atoms with van der Waals surface area (Å²) in [5.74, 6) is 0.778. The zero-order chi connectivity index (χ0) is 12.9. The molecule has 1 N–H and O–H groups in total. The predicted molar refractivity (Wildman–Crippen MR) is 76.4 cm³/mol. The molecule has 0 saturated heterocycles. The minimum atomic E-state index is 0.433. The van der Waals surface area contributed by atoms with Gasteiger partial charge in [0.05, 0.1) is 0 Å². The van der Waals surface area contributed by atoms with Crippen molar-refractivity contribution in [3.63, 3.8) is 0 Å². The predicted octanol–water partition coefficient (Wildman–Crippen LogP) is 3.28. The molecule has 0 bridgehead atoms. The number of likely N-dealkylation sites (N-methyl/N-ethyl adjacent to an activating group) is 2. The molecule has 0 aliphatic heterocycles. The normalized spacial score (nSPS) is 21.4. The molecule has 1 unspecified atom stereocenters. The zero-order valence-electron chi connectivity index (χ0n) is 12.6. The van der Waals surface area contributed by atoms with Crippen LogP contribution in [-0.2, 0) is 0 Å². The Hall–Kier alpha value is -0.0800. The molecule has 1 aliphatic carbocycles. The van der Waals surface area contributed by atoms with Gasteiger partial charge in [0.2, 0.25) is 0 Å². The molecule has 1 saturated carbocycles. The van der Waals surface area contributed by atoms with Gasteiger partial charge in [-0.1, -0.05) is 40.5 Å². The standard InChI is InChI=1S/C15H32N2/c1-6-17(7-2)15(10-8-9-11-15)14(16-5)12-13(3)4/h13-14,16H,6-12H2,1-5H3. The molecule has 0 radical (unpaired) electrons. The van der Waals surface area contributed by atoms with Crippen LogP contribution in [0.25, 0.3) is 0 Å². The maximum atomic E-state index is 3.62. The minimum absolute atomic E-state index is 0.433. The van der Waals surface area contributed by atoms with E-state index in [-0.39, 0.29) is 0 Å². The SMILES string of the molecule is CCN(CC)C1(C(CC(C)C)NC)CCCC1. The van der Waals surface area contributed by atoms with Crippen LogP contribution >= 0.6 is 0 Å². The van der Waals surface area contributed by atoms with E-state index in [1.165, 1.54) is 45.2 Å². The highest BCUT2D eigenvalue weighted by Gasteiger charge is 2.44. The first-order valence-corrected chi connectivity index (χ1v) is 7.53. The molecule has 0 aromatic carbocycles. The average molecular weight is 240 g/mol. The highest BCUT2D eigenvalue weighted by Crippen LogP contribution is 2.39. The van der Waals surface area contributed by atoms with Crippen LogP contribution in [0, 0.1) is 5.92 Å². The van der Waals surface area contributed by atoms with E-state index in [0.29, 0.717) is 11.6 Å². The molecule has 1 rings (SSSR count). The van der Waals surface area contributed by atoms with E-state index < -0.39 is 0 Å². The summed E-state index contributed by atoms with van der Waals surface area (Å²) in [6, 6.07) is 0.657. The lowest BCUT2D eigenvalue weighted by atomic mass is 9.81. The quantitative estimate of drug-likeness (QED) is 0.735. The molecule has 0 heterocycles. The van der Waals surface area contributed by atoms with Crippen molar-refractivity contribution in [1.82, 2.24) is 10.2 Å². The molecule has 1 atom stereocenters. The molecule has 102 valence electrons. The van der Waals surface area contributed by atoms with Crippen molar-refractivity contribution in [3.05, 3.63) is 0 Å². The van der Waals surface area contributed by atoms with Crippen LogP contribution in [0.4, 0.5) is 0 Å². The van der Waals surface area contributed by atoms with Crippen LogP contribution in [0.2, 0.25) is 0 Å². The molecule has 0 aromatic rings. The van der Waals surface area contributed by atoms with Crippen LogP contribution < -0.4 is 5.32 Å². The van der Waals surface area contributed by atoms with E-state index in [0.717, 1.165) is 5.92 Å². The average Bonchev–Trinajstić information content (AvgIpc) is 2.77. The third-order valence-corrected chi connectivity index (χ3v) is 4.57. The van der Waals surface area contributed by atoms with Gasteiger partial charge in [-0.2, -0.15) is 0 Å². The highest BCUT2D eigenvalue weighted by molar-refractivity contribution is 5.03. The smallest absolute Gasteiger partial charge is 0.0362 e. The molecule has 0 spiro atoms. The van der Waals surface area contributed by atoms with Crippen molar-refractivity contribution in [3.8, 4) is 0 Å². The van der Waals surface area contributed by atoms with Gasteiger partial charge in [-0.05, 0) is 45.3 Å². The van der Waals surface area contributed by atoms with Crippen molar-refractivity contribution in [2.75, 3.05) is 20.1 Å². The van der Waals surface area contributed by atoms with Crippen LogP contribution in [0.1, 0.15) is 59.8 Å². The van der Waals surface area contributed by atoms with Crippen molar-refractivity contribution < 1.29 is 0 Å². The summed E-state index contributed by atoms with van der Waals surface area (Å²) in [6.45, 7) is 11.7. The number of rotatable bonds is 7. The van der Waals surface area contributed by atoms with E-state index in [1.54, 1.807) is 0 Å². The van der Waals surface area contributed by atoms with Crippen LogP contribution in [0.15, 0.2) is 0 Å². The Balaban J connectivity index is 2.87. The Morgan fingerprint density at radius 1 is 1.12 bits per heavy atom. The molecule has 17 heavy (non-hydrogen) atoms. The Morgan fingerprint density at radius 2 is 1.65 bits per heavy atom. The zero-order valence-corrected chi connectivity index (χ0v) is 12.6. The van der Waals surface area contributed by atoms with E-state index in [4.69, 9.17) is 0 Å². The Bertz CT molecular complexity index is 203. The van der Waals surface area contributed by atoms with Gasteiger partial charge in [-0.25, -0.2) is 0 Å². The second kappa shape index (κ2) is 6.75. The van der Waals surface area contributed by atoms with Crippen LogP contribution in [0.5, 0.6) is 0 Å². The fourth-order valence-electron chi connectivity index (χ4n) is 3.80. The fourth-order valence-corrected chi connectivity index (χ4v) is 3.80. The summed E-state index contributed by atoms with van der Waals surface area (Å²) >= 11 is 0. The van der Waals surface area contributed by atoms with Gasteiger partial charge in [-0.15, -0.1) is 0 Å². The second-order valence-electron chi connectivity index (χ2n) is 5.95. The van der Waals surface area contributed by atoms with Gasteiger partial charge in [0, 0.05) is 11.6 Å². The molecular formula is C15H32N2. The second-order valence-corrected chi connectivity index (χ2v) is 5.95. The molecule has 2 nitrogen and oxygen atoms in total. The minimum Gasteiger partial charge on any atom is -0.315 e. The Morgan fingerprint density at radius 3 is 2.00 bits per heavy atom. The van der Waals surface area contributed by atoms with Crippen molar-refractivity contribution >= 4 is 0 Å². The van der Waals surface area contributed by atoms with E-state index in [9.17, 15) is 0 Å². The largest absolute Gasteiger partial charge is 0.315 e. The summed E-state index contributed by atoms with van der Waals surface area (Å²) in [4.78, 5) is 2.71. The lowest BCUT2D eigenvalue weighted by molar-refractivity contribution is 0.0578. The summed E-state index contributed by atoms with van der Waals surface area (Å²) in [6.07, 6.45) is 6.88. The van der Waals surface area contributed by atoms with Gasteiger partial charge in [-0.3, -0.25) is 4.90 Å². The number of hydrogen-bond donors (Lipinski definition) is 1. The van der Waals surface area contributed by atoms with Crippen LogP contribution in [-0.4, -0.2) is 36.6 Å². The van der Waals surface area contributed by atoms with Gasteiger partial charge < -0.3 is 5.32 Å². The third-order valence-electron chi connectivity index (χ3n) is 4.57. The maximum absolute atomic E-state index is 3.62. The molecule has 1 fully saturated rings. The van der Waals surface area contributed by atoms with Crippen LogP contribution in [0.3, 0.4) is 0 Å². The first-order chi connectivity index (χ1) is 8.10. The summed E-state index contributed by atoms with van der Waals surface area (Å²) in [7, 11) is 2.15. The van der Waals surface area contributed by atoms with Crippen molar-refractivity contribution in [1.29, 1.82) is 0 Å². The summed E-state index contributed by atoms with van der Waals surface area (Å²) in [5, 5.41) is 3.62. The molecule has 0 aromatic heterocycles. The van der Waals surface area contributed by atoms with E-state index in [2.05, 4.69) is 45.0 Å². The Kier molecular flexibility index (Phi) is 5.94. The lowest BCUT2D eigenvalue weighted by Gasteiger charge is -2.47. The third kappa shape index (κ3) is 3.23. The van der Waals surface area contributed by atoms with Crippen molar-refractivity contribution in [2.24, 2.45) is 5.92 Å². The van der Waals surface area contributed by atoms with Gasteiger partial charge >= 0.3 is 0 Å². The van der Waals surface area contributed by atoms with Gasteiger partial charge in [0.1, 0.15) is 0 Å². The topological polar surface area (TPSA) is 15.3 Å². The summed E-state index contributed by atoms with van der Waals surface area (Å²) < 4.78 is 0. The molecular weight excluding hydrogens is 208 g/mol. The maximum Gasteiger partial charge on any atom is 0.0362 e. The first-order valence-electron chi connectivity index (χ1n) is 7.53. The van der Waals surface area contributed by atoms with Crippen molar-refractivity contribution in [2.45, 2.75) is 71.4 Å². The first kappa shape index (κ1) is 15.0. The lowest BCUT2D eigenvalue weighted by Crippen LogP contribution is -2.59. The number of nitrogens with zero attached hydrogens (tertiary/aromatic N) is 1. The highest BCUT2D eigenvalue weighted by atomic mass is 15.2. The molecule has 2 heteroatoms. The van der Waals surface area contributed by atoms with E-state index >= 15 is 0 Å². The summed E-state index contributed by atoms with van der Waals surface area (Å²) in [5.41, 5.74) is 0.433. The number of nitrogens with one attached hydrogen (secondary N) is 1.